The number of nitrogens with one attached hydrogen (secondary N) is 1. The highest BCUT2D eigenvalue weighted by molar-refractivity contribution is 7.92. The molecule has 9 nitrogen and oxygen atoms in total. The number of hydrogen-bond donors (Lipinski definition) is 1. The summed E-state index contributed by atoms with van der Waals surface area (Å²) >= 11 is 0. The number of ether oxygens (including phenoxy) is 3. The maximum Gasteiger partial charge on any atom is 0.264 e. The van der Waals surface area contributed by atoms with E-state index >= 15 is 0 Å². The summed E-state index contributed by atoms with van der Waals surface area (Å²) in [5.74, 6) is 1.13. The highest BCUT2D eigenvalue weighted by Crippen LogP contribution is 2.28. The van der Waals surface area contributed by atoms with Gasteiger partial charge in [0.05, 0.1) is 37.1 Å². The summed E-state index contributed by atoms with van der Waals surface area (Å²) in [4.78, 5) is 12.8. The van der Waals surface area contributed by atoms with Crippen LogP contribution in [0.1, 0.15) is 31.4 Å². The fourth-order valence-corrected chi connectivity index (χ4v) is 4.87. The van der Waals surface area contributed by atoms with Gasteiger partial charge < -0.3 is 14.2 Å². The zero-order valence-corrected chi connectivity index (χ0v) is 22.8. The van der Waals surface area contributed by atoms with Gasteiger partial charge in [-0.15, -0.1) is 0 Å². The number of hydrazone groups is 1. The first-order chi connectivity index (χ1) is 18.3. The molecule has 0 atom stereocenters. The van der Waals surface area contributed by atoms with Crippen LogP contribution < -0.4 is 23.9 Å². The van der Waals surface area contributed by atoms with Crippen molar-refractivity contribution in [1.29, 1.82) is 0 Å². The van der Waals surface area contributed by atoms with Crippen molar-refractivity contribution in [3.8, 4) is 17.2 Å². The summed E-state index contributed by atoms with van der Waals surface area (Å²) in [6, 6.07) is 18.2. The minimum absolute atomic E-state index is 0.0315. The molecule has 3 rings (SSSR count). The number of nitrogens with zero attached hydrogens (tertiary/aromatic N) is 2. The Balaban J connectivity index is 1.78. The zero-order chi connectivity index (χ0) is 27.5. The molecule has 0 spiro atoms. The molecule has 0 aliphatic rings. The quantitative estimate of drug-likeness (QED) is 0.253. The molecule has 3 aromatic carbocycles. The molecule has 202 valence electrons. The molecule has 0 unspecified atom stereocenters. The van der Waals surface area contributed by atoms with Gasteiger partial charge in [-0.3, -0.25) is 9.10 Å². The minimum atomic E-state index is -4.05. The summed E-state index contributed by atoms with van der Waals surface area (Å²) in [6.07, 6.45) is 2.33. The molecule has 3 aromatic rings. The number of rotatable bonds is 13. The van der Waals surface area contributed by atoms with Crippen LogP contribution in [0.3, 0.4) is 0 Å². The lowest BCUT2D eigenvalue weighted by Gasteiger charge is -2.24. The number of sulfonamides is 1. The van der Waals surface area contributed by atoms with Crippen molar-refractivity contribution < 1.29 is 27.4 Å². The number of anilines is 1. The molecule has 0 saturated heterocycles. The van der Waals surface area contributed by atoms with Crippen LogP contribution in [0.4, 0.5) is 5.69 Å². The Labute approximate surface area is 224 Å². The van der Waals surface area contributed by atoms with Crippen LogP contribution >= 0.6 is 0 Å². The van der Waals surface area contributed by atoms with E-state index in [1.165, 1.54) is 25.5 Å². The predicted molar refractivity (Wildman–Crippen MR) is 148 cm³/mol. The summed E-state index contributed by atoms with van der Waals surface area (Å²) in [7, 11) is -2.55. The SMILES string of the molecule is CCCOc1ccc(/C=N\NC(=O)CN(c2ccc(C)cc2)S(=O)(=O)c2ccc(OC)cc2)cc1OCC. The maximum absolute atomic E-state index is 13.5. The van der Waals surface area contributed by atoms with E-state index in [4.69, 9.17) is 14.2 Å². The Kier molecular flexibility index (Phi) is 10.1. The highest BCUT2D eigenvalue weighted by Gasteiger charge is 2.27. The lowest BCUT2D eigenvalue weighted by Crippen LogP contribution is -2.39. The summed E-state index contributed by atoms with van der Waals surface area (Å²) in [5.41, 5.74) is 4.41. The second kappa shape index (κ2) is 13.5. The molecular formula is C28H33N3O6S. The van der Waals surface area contributed by atoms with Crippen LogP contribution in [0.15, 0.2) is 76.7 Å². The average Bonchev–Trinajstić information content (AvgIpc) is 2.92. The first kappa shape index (κ1) is 28.5. The normalized spacial score (nSPS) is 11.3. The fourth-order valence-electron chi connectivity index (χ4n) is 3.45. The lowest BCUT2D eigenvalue weighted by molar-refractivity contribution is -0.119. The van der Waals surface area contributed by atoms with Gasteiger partial charge in [-0.1, -0.05) is 24.6 Å². The van der Waals surface area contributed by atoms with E-state index in [0.29, 0.717) is 41.7 Å². The summed E-state index contributed by atoms with van der Waals surface area (Å²) in [5, 5.41) is 4.01. The van der Waals surface area contributed by atoms with Gasteiger partial charge in [-0.05, 0) is 80.4 Å². The van der Waals surface area contributed by atoms with Crippen LogP contribution in [-0.4, -0.2) is 47.4 Å². The van der Waals surface area contributed by atoms with Crippen LogP contribution in [-0.2, 0) is 14.8 Å². The first-order valence-corrected chi connectivity index (χ1v) is 13.7. The monoisotopic (exact) mass is 539 g/mol. The zero-order valence-electron chi connectivity index (χ0n) is 22.0. The summed E-state index contributed by atoms with van der Waals surface area (Å²) in [6.45, 7) is 6.37. The van der Waals surface area contributed by atoms with Crippen molar-refractivity contribution in [1.82, 2.24) is 5.43 Å². The van der Waals surface area contributed by atoms with E-state index in [-0.39, 0.29) is 4.90 Å². The van der Waals surface area contributed by atoms with Crippen molar-refractivity contribution in [3.05, 3.63) is 77.9 Å². The van der Waals surface area contributed by atoms with Crippen molar-refractivity contribution >= 4 is 27.8 Å². The van der Waals surface area contributed by atoms with E-state index in [2.05, 4.69) is 10.5 Å². The molecule has 0 bridgehead atoms. The molecule has 0 aliphatic carbocycles. The minimum Gasteiger partial charge on any atom is -0.497 e. The molecule has 1 amide bonds. The van der Waals surface area contributed by atoms with E-state index < -0.39 is 22.5 Å². The number of benzene rings is 3. The molecule has 0 saturated carbocycles. The second-order valence-corrected chi connectivity index (χ2v) is 10.2. The van der Waals surface area contributed by atoms with Gasteiger partial charge in [0.25, 0.3) is 15.9 Å². The Morgan fingerprint density at radius 3 is 2.32 bits per heavy atom. The van der Waals surface area contributed by atoms with Crippen LogP contribution in [0.2, 0.25) is 0 Å². The van der Waals surface area contributed by atoms with Crippen LogP contribution in [0.25, 0.3) is 0 Å². The van der Waals surface area contributed by atoms with Gasteiger partial charge in [-0.25, -0.2) is 13.8 Å². The molecule has 10 heteroatoms. The molecule has 0 fully saturated rings. The van der Waals surface area contributed by atoms with E-state index in [0.717, 1.165) is 16.3 Å². The number of hydrogen-bond acceptors (Lipinski definition) is 7. The Bertz CT molecular complexity index is 1340. The molecule has 0 aliphatic heterocycles. The van der Waals surface area contributed by atoms with Gasteiger partial charge in [0.1, 0.15) is 12.3 Å². The molecule has 1 N–H and O–H groups in total. The van der Waals surface area contributed by atoms with Gasteiger partial charge in [0.2, 0.25) is 0 Å². The second-order valence-electron chi connectivity index (χ2n) is 8.30. The van der Waals surface area contributed by atoms with Crippen LogP contribution in [0, 0.1) is 6.92 Å². The average molecular weight is 540 g/mol. The van der Waals surface area contributed by atoms with Gasteiger partial charge in [-0.2, -0.15) is 5.10 Å². The van der Waals surface area contributed by atoms with E-state index in [9.17, 15) is 13.2 Å². The fraction of sp³-hybridized carbons (Fsp3) is 0.286. The van der Waals surface area contributed by atoms with Gasteiger partial charge in [0, 0.05) is 0 Å². The number of carbonyl (C=O) groups is 1. The predicted octanol–water partition coefficient (Wildman–Crippen LogP) is 4.54. The largest absolute Gasteiger partial charge is 0.497 e. The van der Waals surface area contributed by atoms with Crippen LogP contribution in [0.5, 0.6) is 17.2 Å². The van der Waals surface area contributed by atoms with E-state index in [1.54, 1.807) is 54.6 Å². The molecule has 0 aromatic heterocycles. The summed E-state index contributed by atoms with van der Waals surface area (Å²) < 4.78 is 44.5. The van der Waals surface area contributed by atoms with Crippen molar-refractivity contribution in [2.45, 2.75) is 32.1 Å². The highest BCUT2D eigenvalue weighted by atomic mass is 32.2. The number of amides is 1. The standard InChI is InChI=1S/C28H33N3O6S/c1-5-17-37-26-16-9-22(18-27(26)36-6-2)19-29-30-28(32)20-31(23-10-7-21(3)8-11-23)38(33,34)25-14-12-24(35-4)13-15-25/h7-16,18-19H,5-6,17,20H2,1-4H3,(H,30,32)/b29-19-. The molecule has 0 heterocycles. The topological polar surface area (TPSA) is 107 Å². The smallest absolute Gasteiger partial charge is 0.264 e. The van der Waals surface area contributed by atoms with Crippen molar-refractivity contribution in [2.24, 2.45) is 5.10 Å². The number of carbonyl (C=O) groups excluding carboxylic acids is 1. The van der Waals surface area contributed by atoms with Gasteiger partial charge >= 0.3 is 0 Å². The molecule has 0 radical (unpaired) electrons. The van der Waals surface area contributed by atoms with Crippen molar-refractivity contribution in [2.75, 3.05) is 31.2 Å². The molecule has 38 heavy (non-hydrogen) atoms. The Morgan fingerprint density at radius 2 is 1.68 bits per heavy atom. The third kappa shape index (κ3) is 7.48. The third-order valence-corrected chi connectivity index (χ3v) is 7.18. The Hall–Kier alpha value is -4.05. The molecular weight excluding hydrogens is 506 g/mol. The number of methoxy groups -OCH3 is 1. The third-order valence-electron chi connectivity index (χ3n) is 5.39. The first-order valence-electron chi connectivity index (χ1n) is 12.2. The maximum atomic E-state index is 13.5. The Morgan fingerprint density at radius 1 is 0.974 bits per heavy atom. The lowest BCUT2D eigenvalue weighted by atomic mass is 10.2. The van der Waals surface area contributed by atoms with E-state index in [1.807, 2.05) is 20.8 Å². The van der Waals surface area contributed by atoms with Crippen molar-refractivity contribution in [3.63, 3.8) is 0 Å². The number of aryl methyl sites for hydroxylation is 1. The van der Waals surface area contributed by atoms with Gasteiger partial charge in [0.15, 0.2) is 11.5 Å².